The zero-order valence-electron chi connectivity index (χ0n) is 9.53. The van der Waals surface area contributed by atoms with Crippen LogP contribution >= 0.6 is 11.6 Å². The Hall–Kier alpha value is -1.59. The number of hydrogen-bond acceptors (Lipinski definition) is 2. The van der Waals surface area contributed by atoms with E-state index in [-0.39, 0.29) is 16.1 Å². The zero-order chi connectivity index (χ0) is 14.0. The Balaban J connectivity index is 2.51. The van der Waals surface area contributed by atoms with Crippen molar-refractivity contribution < 1.29 is 18.3 Å². The van der Waals surface area contributed by atoms with Crippen molar-refractivity contribution in [2.24, 2.45) is 0 Å². The molecule has 2 aromatic rings. The summed E-state index contributed by atoms with van der Waals surface area (Å²) >= 11 is 5.83. The van der Waals surface area contributed by atoms with Gasteiger partial charge < -0.3 is 5.11 Å². The molecule has 0 fully saturated rings. The summed E-state index contributed by atoms with van der Waals surface area (Å²) in [7, 11) is 0. The summed E-state index contributed by atoms with van der Waals surface area (Å²) in [6.45, 7) is 0. The lowest BCUT2D eigenvalue weighted by molar-refractivity contribution is -0.139. The smallest absolute Gasteiger partial charge is 0.384 e. The van der Waals surface area contributed by atoms with Crippen LogP contribution < -0.4 is 0 Å². The second-order valence-corrected chi connectivity index (χ2v) is 4.29. The first-order valence-corrected chi connectivity index (χ1v) is 5.72. The number of aromatic nitrogens is 1. The van der Waals surface area contributed by atoms with Crippen molar-refractivity contribution >= 4 is 11.6 Å². The highest BCUT2D eigenvalue weighted by Crippen LogP contribution is 2.37. The maximum absolute atomic E-state index is 12.9. The Morgan fingerprint density at radius 2 is 1.79 bits per heavy atom. The predicted molar refractivity (Wildman–Crippen MR) is 64.8 cm³/mol. The highest BCUT2D eigenvalue weighted by atomic mass is 35.5. The average Bonchev–Trinajstić information content (AvgIpc) is 2.37. The Morgan fingerprint density at radius 1 is 1.11 bits per heavy atom. The Kier molecular flexibility index (Phi) is 3.78. The zero-order valence-corrected chi connectivity index (χ0v) is 10.3. The minimum absolute atomic E-state index is 0.118. The lowest BCUT2D eigenvalue weighted by atomic mass is 9.97. The molecule has 0 bridgehead atoms. The summed E-state index contributed by atoms with van der Waals surface area (Å²) in [4.78, 5) is 3.73. The van der Waals surface area contributed by atoms with Gasteiger partial charge in [0.25, 0.3) is 0 Å². The third-order valence-corrected chi connectivity index (χ3v) is 2.97. The van der Waals surface area contributed by atoms with E-state index in [2.05, 4.69) is 4.98 Å². The lowest BCUT2D eigenvalue weighted by Gasteiger charge is -2.18. The number of halogens is 4. The fourth-order valence-electron chi connectivity index (χ4n) is 1.77. The van der Waals surface area contributed by atoms with Gasteiger partial charge >= 0.3 is 6.18 Å². The normalized spacial score (nSPS) is 13.3. The molecule has 1 heterocycles. The van der Waals surface area contributed by atoms with Gasteiger partial charge in [0.15, 0.2) is 0 Å². The Bertz CT molecular complexity index is 586. The summed E-state index contributed by atoms with van der Waals surface area (Å²) in [5.74, 6) is 0. The first-order valence-electron chi connectivity index (χ1n) is 5.35. The first-order chi connectivity index (χ1) is 8.91. The molecule has 0 spiro atoms. The number of aliphatic hydroxyl groups excluding tert-OH is 1. The largest absolute Gasteiger partial charge is 0.416 e. The van der Waals surface area contributed by atoms with Crippen LogP contribution in [0.5, 0.6) is 0 Å². The molecule has 2 rings (SSSR count). The highest BCUT2D eigenvalue weighted by molar-refractivity contribution is 6.31. The van der Waals surface area contributed by atoms with Crippen molar-refractivity contribution in [1.82, 2.24) is 4.98 Å². The summed E-state index contributed by atoms with van der Waals surface area (Å²) in [6, 6.07) is 6.24. The van der Waals surface area contributed by atoms with E-state index in [1.165, 1.54) is 36.7 Å². The lowest BCUT2D eigenvalue weighted by Crippen LogP contribution is -2.12. The van der Waals surface area contributed by atoms with Crippen molar-refractivity contribution in [1.29, 1.82) is 0 Å². The summed E-state index contributed by atoms with van der Waals surface area (Å²) in [6.07, 6.45) is -3.35. The van der Waals surface area contributed by atoms with Gasteiger partial charge in [-0.1, -0.05) is 29.8 Å². The van der Waals surface area contributed by atoms with E-state index in [1.54, 1.807) is 0 Å². The van der Waals surface area contributed by atoms with E-state index in [0.717, 1.165) is 6.07 Å². The van der Waals surface area contributed by atoms with Crippen molar-refractivity contribution in [3.05, 3.63) is 64.4 Å². The van der Waals surface area contributed by atoms with E-state index in [0.29, 0.717) is 0 Å². The number of benzene rings is 1. The van der Waals surface area contributed by atoms with Crippen molar-refractivity contribution in [3.63, 3.8) is 0 Å². The van der Waals surface area contributed by atoms with Crippen LogP contribution in [0, 0.1) is 0 Å². The monoisotopic (exact) mass is 287 g/mol. The number of hydrogen-bond donors (Lipinski definition) is 1. The first kappa shape index (κ1) is 13.8. The van der Waals surface area contributed by atoms with Crippen LogP contribution in [0.2, 0.25) is 5.02 Å². The average molecular weight is 288 g/mol. The molecule has 1 aromatic heterocycles. The Labute approximate surface area is 112 Å². The molecule has 0 aliphatic carbocycles. The standard InChI is InChI=1S/C13H9ClF3NO/c14-11-7-18-6-5-9(11)12(19)8-3-1-2-4-10(8)13(15,16)17/h1-7,12,19H. The van der Waals surface area contributed by atoms with Gasteiger partial charge in [-0.2, -0.15) is 13.2 Å². The van der Waals surface area contributed by atoms with Gasteiger partial charge in [0.05, 0.1) is 10.6 Å². The van der Waals surface area contributed by atoms with E-state index >= 15 is 0 Å². The third kappa shape index (κ3) is 2.88. The summed E-state index contributed by atoms with van der Waals surface area (Å²) < 4.78 is 38.6. The number of rotatable bonds is 2. The fourth-order valence-corrected chi connectivity index (χ4v) is 1.99. The molecule has 0 saturated carbocycles. The molecule has 19 heavy (non-hydrogen) atoms. The van der Waals surface area contributed by atoms with Crippen LogP contribution in [-0.4, -0.2) is 10.1 Å². The SMILES string of the molecule is OC(c1ccncc1Cl)c1ccccc1C(F)(F)F. The van der Waals surface area contributed by atoms with Crippen LogP contribution in [0.1, 0.15) is 22.8 Å². The molecule has 1 unspecified atom stereocenters. The predicted octanol–water partition coefficient (Wildman–Crippen LogP) is 3.84. The molecule has 1 atom stereocenters. The molecule has 100 valence electrons. The summed E-state index contributed by atoms with van der Waals surface area (Å²) in [5.41, 5.74) is -0.924. The maximum atomic E-state index is 12.9. The van der Waals surface area contributed by atoms with Crippen LogP contribution in [0.4, 0.5) is 13.2 Å². The van der Waals surface area contributed by atoms with Crippen molar-refractivity contribution in [2.45, 2.75) is 12.3 Å². The topological polar surface area (TPSA) is 33.1 Å². The minimum Gasteiger partial charge on any atom is -0.384 e. The molecule has 2 nitrogen and oxygen atoms in total. The molecular weight excluding hydrogens is 279 g/mol. The van der Waals surface area contributed by atoms with E-state index in [4.69, 9.17) is 11.6 Å². The molecular formula is C13H9ClF3NO. The summed E-state index contributed by atoms with van der Waals surface area (Å²) in [5, 5.41) is 10.2. The van der Waals surface area contributed by atoms with Gasteiger partial charge in [-0.25, -0.2) is 0 Å². The fraction of sp³-hybridized carbons (Fsp3) is 0.154. The van der Waals surface area contributed by atoms with Crippen molar-refractivity contribution in [3.8, 4) is 0 Å². The van der Waals surface area contributed by atoms with Gasteiger partial charge in [0.2, 0.25) is 0 Å². The molecule has 0 aliphatic rings. The minimum atomic E-state index is -4.53. The van der Waals surface area contributed by atoms with E-state index in [9.17, 15) is 18.3 Å². The van der Waals surface area contributed by atoms with E-state index in [1.807, 2.05) is 0 Å². The van der Waals surface area contributed by atoms with Gasteiger partial charge in [-0.15, -0.1) is 0 Å². The third-order valence-electron chi connectivity index (χ3n) is 2.66. The second-order valence-electron chi connectivity index (χ2n) is 3.88. The van der Waals surface area contributed by atoms with Crippen LogP contribution in [0.25, 0.3) is 0 Å². The molecule has 0 saturated heterocycles. The number of aliphatic hydroxyl groups is 1. The molecule has 0 aliphatic heterocycles. The second kappa shape index (κ2) is 5.19. The molecule has 1 aromatic carbocycles. The van der Waals surface area contributed by atoms with Gasteiger partial charge in [-0.05, 0) is 17.7 Å². The quantitative estimate of drug-likeness (QED) is 0.910. The molecule has 0 amide bonds. The van der Waals surface area contributed by atoms with Gasteiger partial charge in [0, 0.05) is 18.0 Å². The van der Waals surface area contributed by atoms with Crippen molar-refractivity contribution in [2.75, 3.05) is 0 Å². The highest BCUT2D eigenvalue weighted by Gasteiger charge is 2.35. The number of alkyl halides is 3. The van der Waals surface area contributed by atoms with Crippen LogP contribution in [0.3, 0.4) is 0 Å². The Morgan fingerprint density at radius 3 is 2.42 bits per heavy atom. The molecule has 1 N–H and O–H groups in total. The van der Waals surface area contributed by atoms with Gasteiger partial charge in [0.1, 0.15) is 6.10 Å². The van der Waals surface area contributed by atoms with E-state index < -0.39 is 17.8 Å². The van der Waals surface area contributed by atoms with Crippen LogP contribution in [0.15, 0.2) is 42.7 Å². The van der Waals surface area contributed by atoms with Crippen LogP contribution in [-0.2, 0) is 6.18 Å². The molecule has 6 heteroatoms. The maximum Gasteiger partial charge on any atom is 0.416 e. The van der Waals surface area contributed by atoms with Gasteiger partial charge in [-0.3, -0.25) is 4.98 Å². The number of pyridine rings is 1. The number of nitrogens with zero attached hydrogens (tertiary/aromatic N) is 1. The molecule has 0 radical (unpaired) electrons.